The van der Waals surface area contributed by atoms with Crippen LogP contribution in [-0.4, -0.2) is 50.9 Å². The van der Waals surface area contributed by atoms with E-state index >= 15 is 0 Å². The van der Waals surface area contributed by atoms with Crippen molar-refractivity contribution in [1.29, 1.82) is 0 Å². The van der Waals surface area contributed by atoms with E-state index in [1.807, 2.05) is 19.9 Å². The van der Waals surface area contributed by atoms with E-state index in [2.05, 4.69) is 19.6 Å². The summed E-state index contributed by atoms with van der Waals surface area (Å²) >= 11 is 0. The molecule has 2 saturated heterocycles. The summed E-state index contributed by atoms with van der Waals surface area (Å²) in [5, 5.41) is 0.918. The summed E-state index contributed by atoms with van der Waals surface area (Å²) in [5.41, 5.74) is -1.01. The van der Waals surface area contributed by atoms with Gasteiger partial charge in [-0.2, -0.15) is 0 Å². The van der Waals surface area contributed by atoms with Crippen molar-refractivity contribution in [2.24, 2.45) is 0 Å². The summed E-state index contributed by atoms with van der Waals surface area (Å²) < 4.78 is 22.9. The molecular weight excluding hydrogens is 276 g/mol. The van der Waals surface area contributed by atoms with Crippen molar-refractivity contribution in [2.45, 2.75) is 63.4 Å². The molecule has 1 spiro atoms. The maximum Gasteiger partial charge on any atom is 0.193 e. The lowest BCUT2D eigenvalue weighted by atomic mass is 9.81. The van der Waals surface area contributed by atoms with Crippen molar-refractivity contribution < 1.29 is 23.7 Å². The van der Waals surface area contributed by atoms with Crippen LogP contribution in [0.3, 0.4) is 0 Å². The van der Waals surface area contributed by atoms with E-state index in [1.54, 1.807) is 7.11 Å². The lowest BCUT2D eigenvalue weighted by molar-refractivity contribution is -0.239. The molecule has 0 radical (unpaired) electrons. The number of fused-ring (bicyclic) bond motifs is 2. The minimum absolute atomic E-state index is 0.0486. The van der Waals surface area contributed by atoms with Crippen molar-refractivity contribution in [3.63, 3.8) is 0 Å². The highest BCUT2D eigenvalue weighted by Gasteiger charge is 2.69. The van der Waals surface area contributed by atoms with Crippen LogP contribution in [0.1, 0.15) is 13.8 Å². The number of ether oxygens (including phenoxy) is 4. The Morgan fingerprint density at radius 1 is 1.20 bits per heavy atom. The summed E-state index contributed by atoms with van der Waals surface area (Å²) in [6.07, 6.45) is 0.599. The molecule has 2 unspecified atom stereocenters. The van der Waals surface area contributed by atoms with Gasteiger partial charge in [0.15, 0.2) is 23.5 Å². The molecule has 0 amide bonds. The quantitative estimate of drug-likeness (QED) is 0.725. The number of rotatable bonds is 2. The Morgan fingerprint density at radius 3 is 2.35 bits per heavy atom. The minimum Gasteiger partial charge on any atom is -0.353 e. The van der Waals surface area contributed by atoms with E-state index < -0.39 is 31.9 Å². The van der Waals surface area contributed by atoms with Crippen molar-refractivity contribution in [2.75, 3.05) is 7.11 Å². The molecule has 5 nitrogen and oxygen atoms in total. The van der Waals surface area contributed by atoms with Crippen LogP contribution in [0.2, 0.25) is 19.6 Å². The first-order chi connectivity index (χ1) is 9.11. The number of carbonyl (C=O) groups excluding carboxylic acids is 1. The molecule has 112 valence electrons. The van der Waals surface area contributed by atoms with Crippen LogP contribution in [0.25, 0.3) is 0 Å². The Hall–Kier alpha value is -0.533. The molecule has 0 bridgehead atoms. The van der Waals surface area contributed by atoms with E-state index in [9.17, 15) is 4.79 Å². The molecule has 4 atom stereocenters. The molecule has 2 fully saturated rings. The average molecular weight is 298 g/mol. The number of hydrogen-bond acceptors (Lipinski definition) is 5. The molecule has 6 heteroatoms. The summed E-state index contributed by atoms with van der Waals surface area (Å²) in [6.45, 7) is 10.1. The van der Waals surface area contributed by atoms with Gasteiger partial charge >= 0.3 is 0 Å². The van der Waals surface area contributed by atoms with Gasteiger partial charge in [-0.3, -0.25) is 4.79 Å². The van der Waals surface area contributed by atoms with E-state index in [0.29, 0.717) is 0 Å². The van der Waals surface area contributed by atoms with Gasteiger partial charge in [-0.05, 0) is 25.1 Å². The highest BCUT2D eigenvalue weighted by molar-refractivity contribution is 6.88. The molecule has 3 aliphatic rings. The second kappa shape index (κ2) is 4.01. The van der Waals surface area contributed by atoms with Gasteiger partial charge in [0.25, 0.3) is 0 Å². The van der Waals surface area contributed by atoms with E-state index in [4.69, 9.17) is 18.9 Å². The third-order valence-corrected chi connectivity index (χ3v) is 6.12. The first kappa shape index (κ1) is 14.4. The lowest BCUT2D eigenvalue weighted by Gasteiger charge is -2.41. The number of Topliss-reactive ketones (excluding diaryl/α,β-unsaturated/α-hetero) is 1. The Balaban J connectivity index is 1.97. The largest absolute Gasteiger partial charge is 0.353 e. The third-order valence-electron chi connectivity index (χ3n) is 4.13. The van der Waals surface area contributed by atoms with Gasteiger partial charge in [0, 0.05) is 7.11 Å². The summed E-state index contributed by atoms with van der Waals surface area (Å²) in [7, 11) is -0.0907. The maximum atomic E-state index is 12.7. The molecule has 0 saturated carbocycles. The standard InChI is InChI=1S/C14H22O5Si/c1-13(2)17-9-11(18-13)14(19-12(9)16-3)7-8(10(14)15)20(4,5)6/h7,9,11-12H,1-6H3/t9?,11-,12?,14-/m1/s1. The third kappa shape index (κ3) is 1.79. The van der Waals surface area contributed by atoms with Crippen LogP contribution < -0.4 is 0 Å². The molecule has 2 aliphatic heterocycles. The van der Waals surface area contributed by atoms with Crippen LogP contribution >= 0.6 is 0 Å². The fourth-order valence-electron chi connectivity index (χ4n) is 3.16. The smallest absolute Gasteiger partial charge is 0.193 e. The van der Waals surface area contributed by atoms with Crippen LogP contribution in [-0.2, 0) is 23.7 Å². The van der Waals surface area contributed by atoms with E-state index in [1.165, 1.54) is 0 Å². The van der Waals surface area contributed by atoms with Gasteiger partial charge in [-0.25, -0.2) is 0 Å². The predicted octanol–water partition coefficient (Wildman–Crippen LogP) is 1.63. The first-order valence-electron chi connectivity index (χ1n) is 6.95. The molecule has 1 aliphatic carbocycles. The highest BCUT2D eigenvalue weighted by atomic mass is 28.3. The second-order valence-corrected chi connectivity index (χ2v) is 12.2. The van der Waals surface area contributed by atoms with E-state index in [-0.39, 0.29) is 11.9 Å². The number of ketones is 1. The van der Waals surface area contributed by atoms with Gasteiger partial charge in [0.1, 0.15) is 12.2 Å². The molecule has 20 heavy (non-hydrogen) atoms. The molecular formula is C14H22O5Si. The minimum atomic E-state index is -1.65. The average Bonchev–Trinajstić information content (AvgIpc) is 2.76. The Labute approximate surface area is 120 Å². The van der Waals surface area contributed by atoms with Gasteiger partial charge in [-0.15, -0.1) is 0 Å². The summed E-state index contributed by atoms with van der Waals surface area (Å²) in [6, 6.07) is 0. The van der Waals surface area contributed by atoms with Crippen molar-refractivity contribution in [3.05, 3.63) is 11.3 Å². The number of carbonyl (C=O) groups is 1. The second-order valence-electron chi connectivity index (χ2n) is 7.17. The van der Waals surface area contributed by atoms with Gasteiger partial charge in [0.05, 0.1) is 8.07 Å². The summed E-state index contributed by atoms with van der Waals surface area (Å²) in [4.78, 5) is 12.7. The van der Waals surface area contributed by atoms with E-state index in [0.717, 1.165) is 5.20 Å². The fraction of sp³-hybridized carbons (Fsp3) is 0.786. The molecule has 0 aromatic carbocycles. The van der Waals surface area contributed by atoms with Gasteiger partial charge < -0.3 is 18.9 Å². The maximum absolute atomic E-state index is 12.7. The van der Waals surface area contributed by atoms with Crippen molar-refractivity contribution in [1.82, 2.24) is 0 Å². The SMILES string of the molecule is COC1O[C@@]2(C=C([Si](C)(C)C)C2=O)[C@@H]2OC(C)(C)OC12. The molecule has 0 N–H and O–H groups in total. The zero-order chi connectivity index (χ0) is 14.9. The van der Waals surface area contributed by atoms with Gasteiger partial charge in [-0.1, -0.05) is 19.6 Å². The van der Waals surface area contributed by atoms with Crippen LogP contribution in [0.5, 0.6) is 0 Å². The zero-order valence-corrected chi connectivity index (χ0v) is 13.9. The van der Waals surface area contributed by atoms with Gasteiger partial charge in [0.2, 0.25) is 0 Å². The summed E-state index contributed by atoms with van der Waals surface area (Å²) in [5.74, 6) is -0.668. The van der Waals surface area contributed by atoms with Crippen molar-refractivity contribution in [3.8, 4) is 0 Å². The highest BCUT2D eigenvalue weighted by Crippen LogP contribution is 2.51. The molecule has 0 aromatic heterocycles. The zero-order valence-electron chi connectivity index (χ0n) is 12.9. The Kier molecular flexibility index (Phi) is 2.89. The Morgan fingerprint density at radius 2 is 1.85 bits per heavy atom. The molecule has 3 rings (SSSR count). The normalized spacial score (nSPS) is 42.6. The number of hydrogen-bond donors (Lipinski definition) is 0. The van der Waals surface area contributed by atoms with Crippen LogP contribution in [0.4, 0.5) is 0 Å². The first-order valence-corrected chi connectivity index (χ1v) is 10.5. The molecule has 2 heterocycles. The lowest BCUT2D eigenvalue weighted by Crippen LogP contribution is -2.59. The topological polar surface area (TPSA) is 54.0 Å². The predicted molar refractivity (Wildman–Crippen MR) is 74.9 cm³/mol. The Bertz CT molecular complexity index is 492. The monoisotopic (exact) mass is 298 g/mol. The van der Waals surface area contributed by atoms with Crippen LogP contribution in [0.15, 0.2) is 11.3 Å². The number of methoxy groups -OCH3 is 1. The van der Waals surface area contributed by atoms with Crippen molar-refractivity contribution >= 4 is 13.9 Å². The van der Waals surface area contributed by atoms with Crippen LogP contribution in [0, 0.1) is 0 Å². The fourth-order valence-corrected chi connectivity index (χ4v) is 4.69. The molecule has 0 aromatic rings.